The van der Waals surface area contributed by atoms with Crippen LogP contribution in [0.1, 0.15) is 31.3 Å². The van der Waals surface area contributed by atoms with Crippen LogP contribution in [0.3, 0.4) is 0 Å². The highest BCUT2D eigenvalue weighted by Crippen LogP contribution is 2.24. The molecule has 2 N–H and O–H groups in total. The SMILES string of the molecule is CC(NCC1(C)CCNC1)c1nccs1. The summed E-state index contributed by atoms with van der Waals surface area (Å²) in [5.74, 6) is 0. The molecule has 3 nitrogen and oxygen atoms in total. The van der Waals surface area contributed by atoms with Crippen molar-refractivity contribution in [2.75, 3.05) is 19.6 Å². The maximum Gasteiger partial charge on any atom is 0.109 e. The van der Waals surface area contributed by atoms with Crippen LogP contribution in [0.25, 0.3) is 0 Å². The summed E-state index contributed by atoms with van der Waals surface area (Å²) in [6.45, 7) is 7.88. The predicted molar refractivity (Wildman–Crippen MR) is 64.1 cm³/mol. The lowest BCUT2D eigenvalue weighted by Crippen LogP contribution is -2.34. The zero-order chi connectivity index (χ0) is 10.7. The van der Waals surface area contributed by atoms with Crippen molar-refractivity contribution >= 4 is 11.3 Å². The van der Waals surface area contributed by atoms with Gasteiger partial charge >= 0.3 is 0 Å². The molecule has 0 amide bonds. The highest BCUT2D eigenvalue weighted by atomic mass is 32.1. The minimum atomic E-state index is 0.377. The molecule has 1 aromatic heterocycles. The first-order valence-electron chi connectivity index (χ1n) is 5.53. The number of hydrogen-bond donors (Lipinski definition) is 2. The second kappa shape index (κ2) is 4.60. The second-order valence-electron chi connectivity index (χ2n) is 4.71. The lowest BCUT2D eigenvalue weighted by molar-refractivity contribution is 0.324. The lowest BCUT2D eigenvalue weighted by atomic mass is 9.90. The van der Waals surface area contributed by atoms with Crippen LogP contribution in [0.5, 0.6) is 0 Å². The molecule has 84 valence electrons. The summed E-state index contributed by atoms with van der Waals surface area (Å²) in [5, 5.41) is 10.2. The van der Waals surface area contributed by atoms with Gasteiger partial charge in [0.2, 0.25) is 0 Å². The molecule has 1 aliphatic rings. The molecule has 2 unspecified atom stereocenters. The summed E-state index contributed by atoms with van der Waals surface area (Å²) in [7, 11) is 0. The van der Waals surface area contributed by atoms with Gasteiger partial charge in [0.1, 0.15) is 5.01 Å². The van der Waals surface area contributed by atoms with Crippen molar-refractivity contribution in [3.8, 4) is 0 Å². The number of nitrogens with zero attached hydrogens (tertiary/aromatic N) is 1. The smallest absolute Gasteiger partial charge is 0.109 e. The molecule has 0 aromatic carbocycles. The number of aromatic nitrogens is 1. The third-order valence-electron chi connectivity index (χ3n) is 3.11. The Bertz CT molecular complexity index is 291. The van der Waals surface area contributed by atoms with E-state index < -0.39 is 0 Å². The monoisotopic (exact) mass is 225 g/mol. The van der Waals surface area contributed by atoms with Gasteiger partial charge in [0.25, 0.3) is 0 Å². The van der Waals surface area contributed by atoms with Crippen molar-refractivity contribution in [1.29, 1.82) is 0 Å². The van der Waals surface area contributed by atoms with Gasteiger partial charge in [-0.05, 0) is 25.3 Å². The summed E-state index contributed by atoms with van der Waals surface area (Å²) in [5.41, 5.74) is 0.422. The van der Waals surface area contributed by atoms with E-state index in [2.05, 4.69) is 29.5 Å². The van der Waals surface area contributed by atoms with E-state index in [0.717, 1.165) is 19.6 Å². The fourth-order valence-corrected chi connectivity index (χ4v) is 2.63. The second-order valence-corrected chi connectivity index (χ2v) is 5.64. The summed E-state index contributed by atoms with van der Waals surface area (Å²) in [6, 6.07) is 0.377. The quantitative estimate of drug-likeness (QED) is 0.820. The van der Waals surface area contributed by atoms with Crippen LogP contribution in [-0.4, -0.2) is 24.6 Å². The topological polar surface area (TPSA) is 37.0 Å². The third-order valence-corrected chi connectivity index (χ3v) is 4.07. The maximum absolute atomic E-state index is 4.32. The molecule has 2 rings (SSSR count). The average molecular weight is 225 g/mol. The first-order valence-corrected chi connectivity index (χ1v) is 6.41. The fourth-order valence-electron chi connectivity index (χ4n) is 1.95. The van der Waals surface area contributed by atoms with Crippen LogP contribution in [0.4, 0.5) is 0 Å². The predicted octanol–water partition coefficient (Wildman–Crippen LogP) is 1.79. The minimum absolute atomic E-state index is 0.377. The summed E-state index contributed by atoms with van der Waals surface area (Å²) in [6.07, 6.45) is 3.14. The molecule has 0 spiro atoms. The number of nitrogens with one attached hydrogen (secondary N) is 2. The van der Waals surface area contributed by atoms with Crippen LogP contribution < -0.4 is 10.6 Å². The first-order chi connectivity index (χ1) is 7.20. The van der Waals surface area contributed by atoms with Crippen molar-refractivity contribution in [2.45, 2.75) is 26.3 Å². The molecule has 0 bridgehead atoms. The Morgan fingerprint density at radius 1 is 1.73 bits per heavy atom. The van der Waals surface area contributed by atoms with Gasteiger partial charge in [0.15, 0.2) is 0 Å². The summed E-state index contributed by atoms with van der Waals surface area (Å²) >= 11 is 1.72. The molecule has 0 radical (unpaired) electrons. The molecule has 0 saturated carbocycles. The van der Waals surface area contributed by atoms with E-state index in [0.29, 0.717) is 11.5 Å². The molecular formula is C11H19N3S. The fraction of sp³-hybridized carbons (Fsp3) is 0.727. The van der Waals surface area contributed by atoms with E-state index in [1.165, 1.54) is 11.4 Å². The largest absolute Gasteiger partial charge is 0.316 e. The molecule has 1 aromatic rings. The molecule has 15 heavy (non-hydrogen) atoms. The molecule has 4 heteroatoms. The zero-order valence-electron chi connectivity index (χ0n) is 9.42. The lowest BCUT2D eigenvalue weighted by Gasteiger charge is -2.25. The van der Waals surface area contributed by atoms with Crippen LogP contribution in [0, 0.1) is 5.41 Å². The van der Waals surface area contributed by atoms with Crippen LogP contribution in [-0.2, 0) is 0 Å². The van der Waals surface area contributed by atoms with Gasteiger partial charge < -0.3 is 10.6 Å². The van der Waals surface area contributed by atoms with Crippen molar-refractivity contribution in [2.24, 2.45) is 5.41 Å². The van der Waals surface area contributed by atoms with E-state index in [4.69, 9.17) is 0 Å². The van der Waals surface area contributed by atoms with Gasteiger partial charge in [0.05, 0.1) is 6.04 Å². The average Bonchev–Trinajstić information content (AvgIpc) is 2.85. The number of rotatable bonds is 4. The van der Waals surface area contributed by atoms with E-state index in [1.807, 2.05) is 11.6 Å². The van der Waals surface area contributed by atoms with Crippen LogP contribution in [0.15, 0.2) is 11.6 Å². The standard InChI is InChI=1S/C11H19N3S/c1-9(10-13-5-6-15-10)14-8-11(2)3-4-12-7-11/h5-6,9,12,14H,3-4,7-8H2,1-2H3. The highest BCUT2D eigenvalue weighted by Gasteiger charge is 2.28. The zero-order valence-corrected chi connectivity index (χ0v) is 10.2. The third kappa shape index (κ3) is 2.77. The van der Waals surface area contributed by atoms with E-state index >= 15 is 0 Å². The van der Waals surface area contributed by atoms with Gasteiger partial charge in [-0.2, -0.15) is 0 Å². The van der Waals surface area contributed by atoms with Gasteiger partial charge in [0, 0.05) is 24.7 Å². The Kier molecular flexibility index (Phi) is 3.38. The summed E-state index contributed by atoms with van der Waals surface area (Å²) in [4.78, 5) is 4.32. The van der Waals surface area contributed by atoms with Crippen LogP contribution in [0.2, 0.25) is 0 Å². The Balaban J connectivity index is 1.83. The van der Waals surface area contributed by atoms with Crippen LogP contribution >= 0.6 is 11.3 Å². The molecular weight excluding hydrogens is 206 g/mol. The van der Waals surface area contributed by atoms with Gasteiger partial charge in [-0.1, -0.05) is 6.92 Å². The Labute approximate surface area is 95.3 Å². The Morgan fingerprint density at radius 2 is 2.60 bits per heavy atom. The molecule has 2 atom stereocenters. The van der Waals surface area contributed by atoms with Crippen molar-refractivity contribution in [3.05, 3.63) is 16.6 Å². The molecule has 2 heterocycles. The molecule has 1 aliphatic heterocycles. The maximum atomic E-state index is 4.32. The van der Waals surface area contributed by atoms with E-state index in [-0.39, 0.29) is 0 Å². The van der Waals surface area contributed by atoms with Gasteiger partial charge in [-0.3, -0.25) is 0 Å². The highest BCUT2D eigenvalue weighted by molar-refractivity contribution is 7.09. The Morgan fingerprint density at radius 3 is 3.20 bits per heavy atom. The van der Waals surface area contributed by atoms with Crippen molar-refractivity contribution in [1.82, 2.24) is 15.6 Å². The minimum Gasteiger partial charge on any atom is -0.316 e. The van der Waals surface area contributed by atoms with E-state index in [1.54, 1.807) is 11.3 Å². The van der Waals surface area contributed by atoms with Crippen molar-refractivity contribution < 1.29 is 0 Å². The Hall–Kier alpha value is -0.450. The summed E-state index contributed by atoms with van der Waals surface area (Å²) < 4.78 is 0. The normalized spacial score (nSPS) is 28.1. The molecule has 0 aliphatic carbocycles. The van der Waals surface area contributed by atoms with Gasteiger partial charge in [-0.15, -0.1) is 11.3 Å². The van der Waals surface area contributed by atoms with Crippen molar-refractivity contribution in [3.63, 3.8) is 0 Å². The molecule has 1 fully saturated rings. The molecule has 1 saturated heterocycles. The van der Waals surface area contributed by atoms with E-state index in [9.17, 15) is 0 Å². The first kappa shape index (κ1) is 11.0. The number of thiazole rings is 1. The van der Waals surface area contributed by atoms with Gasteiger partial charge in [-0.25, -0.2) is 4.98 Å². The number of hydrogen-bond acceptors (Lipinski definition) is 4.